The van der Waals surface area contributed by atoms with Gasteiger partial charge in [-0.1, -0.05) is 36.4 Å². The van der Waals surface area contributed by atoms with Crippen molar-refractivity contribution in [3.63, 3.8) is 0 Å². The number of nitrogens with one attached hydrogen (secondary N) is 1. The number of aromatic nitrogens is 1. The molecule has 0 atom stereocenters. The predicted octanol–water partition coefficient (Wildman–Crippen LogP) is 3.29. The van der Waals surface area contributed by atoms with E-state index in [4.69, 9.17) is 4.42 Å². The molecule has 0 aliphatic rings. The fourth-order valence-electron chi connectivity index (χ4n) is 2.99. The van der Waals surface area contributed by atoms with E-state index in [1.165, 1.54) is 12.1 Å². The van der Waals surface area contributed by atoms with Crippen molar-refractivity contribution >= 4 is 39.2 Å². The van der Waals surface area contributed by atoms with E-state index in [1.807, 2.05) is 36.4 Å². The number of nitrogens with zero attached hydrogens (tertiary/aromatic N) is 2. The van der Waals surface area contributed by atoms with Crippen molar-refractivity contribution in [3.8, 4) is 0 Å². The number of anilines is 1. The third-order valence-corrected chi connectivity index (χ3v) is 4.23. The highest BCUT2D eigenvalue weighted by Gasteiger charge is 2.16. The molecule has 8 heteroatoms. The molecular weight excluding hydrogens is 350 g/mol. The van der Waals surface area contributed by atoms with Gasteiger partial charge in [-0.3, -0.25) is 19.5 Å². The zero-order valence-electron chi connectivity index (χ0n) is 13.9. The highest BCUT2D eigenvalue weighted by atomic mass is 16.6. The normalized spacial score (nSPS) is 11.0. The van der Waals surface area contributed by atoms with Gasteiger partial charge in [-0.25, -0.2) is 4.79 Å². The van der Waals surface area contributed by atoms with E-state index in [9.17, 15) is 19.7 Å². The Labute approximate surface area is 151 Å². The Hall–Kier alpha value is -3.94. The first-order chi connectivity index (χ1) is 13.0. The summed E-state index contributed by atoms with van der Waals surface area (Å²) >= 11 is 0. The van der Waals surface area contributed by atoms with Gasteiger partial charge >= 0.3 is 5.76 Å². The number of fused-ring (bicyclic) bond motifs is 2. The molecule has 0 unspecified atom stereocenters. The average molecular weight is 363 g/mol. The number of hydrogen-bond donors (Lipinski definition) is 1. The Morgan fingerprint density at radius 2 is 1.89 bits per heavy atom. The van der Waals surface area contributed by atoms with E-state index < -0.39 is 16.6 Å². The second-order valence-corrected chi connectivity index (χ2v) is 5.94. The summed E-state index contributed by atoms with van der Waals surface area (Å²) in [6.45, 7) is -0.271. The monoisotopic (exact) mass is 363 g/mol. The molecule has 0 saturated carbocycles. The highest BCUT2D eigenvalue weighted by molar-refractivity contribution is 6.02. The molecule has 27 heavy (non-hydrogen) atoms. The molecule has 8 nitrogen and oxygen atoms in total. The first kappa shape index (κ1) is 16.5. The lowest BCUT2D eigenvalue weighted by atomic mass is 10.1. The Morgan fingerprint density at radius 3 is 2.70 bits per heavy atom. The van der Waals surface area contributed by atoms with Gasteiger partial charge < -0.3 is 9.73 Å². The van der Waals surface area contributed by atoms with Gasteiger partial charge in [0.25, 0.3) is 5.69 Å². The quantitative estimate of drug-likeness (QED) is 0.442. The molecule has 1 N–H and O–H groups in total. The molecule has 0 aliphatic heterocycles. The number of non-ortho nitro benzene ring substituents is 1. The van der Waals surface area contributed by atoms with E-state index in [0.717, 1.165) is 21.4 Å². The predicted molar refractivity (Wildman–Crippen MR) is 99.7 cm³/mol. The summed E-state index contributed by atoms with van der Waals surface area (Å²) in [7, 11) is 0. The lowest BCUT2D eigenvalue weighted by Gasteiger charge is -2.09. The average Bonchev–Trinajstić information content (AvgIpc) is 2.96. The minimum absolute atomic E-state index is 0.0622. The number of nitro groups is 1. The van der Waals surface area contributed by atoms with Gasteiger partial charge in [-0.2, -0.15) is 0 Å². The first-order valence-electron chi connectivity index (χ1n) is 8.08. The zero-order chi connectivity index (χ0) is 19.0. The van der Waals surface area contributed by atoms with Crippen molar-refractivity contribution in [3.05, 3.63) is 81.3 Å². The van der Waals surface area contributed by atoms with Crippen LogP contribution in [0.5, 0.6) is 0 Å². The van der Waals surface area contributed by atoms with E-state index in [-0.39, 0.29) is 17.8 Å². The molecule has 0 aliphatic carbocycles. The first-order valence-corrected chi connectivity index (χ1v) is 8.08. The van der Waals surface area contributed by atoms with E-state index >= 15 is 0 Å². The number of amides is 1. The van der Waals surface area contributed by atoms with Crippen LogP contribution in [0.2, 0.25) is 0 Å². The standard InChI is InChI=1S/C19H13N3O5/c23-18(20-15-7-3-5-12-4-1-2-6-14(12)15)11-21-16-9-8-13(22(25)26)10-17(16)27-19(21)24/h1-10H,11H2,(H,20,23). The Bertz CT molecular complexity index is 1250. The Morgan fingerprint density at radius 1 is 1.11 bits per heavy atom. The summed E-state index contributed by atoms with van der Waals surface area (Å²) in [5.74, 6) is -1.16. The van der Waals surface area contributed by atoms with Crippen LogP contribution in [0.1, 0.15) is 0 Å². The van der Waals surface area contributed by atoms with Crippen molar-refractivity contribution in [2.45, 2.75) is 6.54 Å². The molecule has 0 bridgehead atoms. The molecular formula is C19H13N3O5. The minimum atomic E-state index is -0.751. The van der Waals surface area contributed by atoms with Crippen LogP contribution >= 0.6 is 0 Å². The fraction of sp³-hybridized carbons (Fsp3) is 0.0526. The van der Waals surface area contributed by atoms with E-state index in [1.54, 1.807) is 6.07 Å². The second-order valence-electron chi connectivity index (χ2n) is 5.94. The van der Waals surface area contributed by atoms with Crippen LogP contribution in [0, 0.1) is 10.1 Å². The largest absolute Gasteiger partial charge is 0.420 e. The summed E-state index contributed by atoms with van der Waals surface area (Å²) in [5, 5.41) is 15.5. The molecule has 1 aromatic heterocycles. The number of rotatable bonds is 4. The Kier molecular flexibility index (Phi) is 3.92. The fourth-order valence-corrected chi connectivity index (χ4v) is 2.99. The van der Waals surface area contributed by atoms with Crippen LogP contribution in [-0.2, 0) is 11.3 Å². The molecule has 134 valence electrons. The maximum atomic E-state index is 12.5. The van der Waals surface area contributed by atoms with E-state index in [0.29, 0.717) is 11.2 Å². The van der Waals surface area contributed by atoms with Crippen LogP contribution in [-0.4, -0.2) is 15.4 Å². The summed E-state index contributed by atoms with van der Waals surface area (Å²) in [5.41, 5.74) is 0.823. The molecule has 0 fully saturated rings. The van der Waals surface area contributed by atoms with Crippen molar-refractivity contribution in [1.29, 1.82) is 0 Å². The van der Waals surface area contributed by atoms with Gasteiger partial charge in [0, 0.05) is 17.1 Å². The summed E-state index contributed by atoms with van der Waals surface area (Å²) in [4.78, 5) is 34.8. The van der Waals surface area contributed by atoms with Crippen LogP contribution in [0.4, 0.5) is 11.4 Å². The maximum absolute atomic E-state index is 12.5. The van der Waals surface area contributed by atoms with Gasteiger partial charge in [0.05, 0.1) is 16.5 Å². The maximum Gasteiger partial charge on any atom is 0.420 e. The zero-order valence-corrected chi connectivity index (χ0v) is 13.9. The molecule has 0 spiro atoms. The van der Waals surface area contributed by atoms with Crippen LogP contribution in [0.3, 0.4) is 0 Å². The van der Waals surface area contributed by atoms with Crippen LogP contribution in [0.15, 0.2) is 69.9 Å². The number of nitro benzene ring substituents is 1. The number of benzene rings is 3. The summed E-state index contributed by atoms with van der Waals surface area (Å²) in [6.07, 6.45) is 0. The van der Waals surface area contributed by atoms with Gasteiger partial charge in [-0.05, 0) is 17.5 Å². The van der Waals surface area contributed by atoms with Gasteiger partial charge in [0.15, 0.2) is 5.58 Å². The molecule has 1 amide bonds. The van der Waals surface area contributed by atoms with Crippen molar-refractivity contribution < 1.29 is 14.1 Å². The van der Waals surface area contributed by atoms with Crippen molar-refractivity contribution in [2.24, 2.45) is 0 Å². The highest BCUT2D eigenvalue weighted by Crippen LogP contribution is 2.23. The number of carbonyl (C=O) groups is 1. The smallest absolute Gasteiger partial charge is 0.407 e. The third-order valence-electron chi connectivity index (χ3n) is 4.23. The van der Waals surface area contributed by atoms with Crippen molar-refractivity contribution in [1.82, 2.24) is 4.57 Å². The van der Waals surface area contributed by atoms with Crippen molar-refractivity contribution in [2.75, 3.05) is 5.32 Å². The minimum Gasteiger partial charge on any atom is -0.407 e. The van der Waals surface area contributed by atoms with Gasteiger partial charge in [-0.15, -0.1) is 0 Å². The number of hydrogen-bond acceptors (Lipinski definition) is 5. The lowest BCUT2D eigenvalue weighted by molar-refractivity contribution is -0.384. The van der Waals surface area contributed by atoms with Gasteiger partial charge in [0.2, 0.25) is 5.91 Å². The SMILES string of the molecule is O=C(Cn1c(=O)oc2cc([N+](=O)[O-])ccc21)Nc1cccc2ccccc12. The van der Waals surface area contributed by atoms with E-state index in [2.05, 4.69) is 5.32 Å². The molecule has 1 heterocycles. The van der Waals surface area contributed by atoms with Gasteiger partial charge in [0.1, 0.15) is 6.54 Å². The topological polar surface area (TPSA) is 107 Å². The van der Waals surface area contributed by atoms with Crippen LogP contribution in [0.25, 0.3) is 21.9 Å². The Balaban J connectivity index is 1.64. The molecule has 4 aromatic rings. The molecule has 0 radical (unpaired) electrons. The molecule has 3 aromatic carbocycles. The lowest BCUT2D eigenvalue weighted by Crippen LogP contribution is -2.24. The number of oxazole rings is 1. The number of carbonyl (C=O) groups excluding carboxylic acids is 1. The van der Waals surface area contributed by atoms with Crippen LogP contribution < -0.4 is 11.1 Å². The second kappa shape index (κ2) is 6.41. The third kappa shape index (κ3) is 3.04. The summed E-state index contributed by atoms with van der Waals surface area (Å²) in [6, 6.07) is 17.0. The molecule has 0 saturated heterocycles. The summed E-state index contributed by atoms with van der Waals surface area (Å²) < 4.78 is 6.17. The molecule has 4 rings (SSSR count).